The monoisotopic (exact) mass is 269 g/mol. The Labute approximate surface area is 117 Å². The summed E-state index contributed by atoms with van der Waals surface area (Å²) in [4.78, 5) is 11.0. The zero-order valence-corrected chi connectivity index (χ0v) is 10.9. The van der Waals surface area contributed by atoms with Crippen molar-refractivity contribution in [3.8, 4) is 11.5 Å². The van der Waals surface area contributed by atoms with Gasteiger partial charge in [-0.3, -0.25) is 4.79 Å². The number of carbonyl (C=O) groups is 1. The summed E-state index contributed by atoms with van der Waals surface area (Å²) in [6.07, 6.45) is -0.0847. The Hall–Kier alpha value is -2.33. The molecule has 0 saturated carbocycles. The summed E-state index contributed by atoms with van der Waals surface area (Å²) < 4.78 is 11.2. The highest BCUT2D eigenvalue weighted by molar-refractivity contribution is 5.77. The molecule has 1 heterocycles. The molecule has 3 rings (SSSR count). The Morgan fingerprint density at radius 3 is 2.35 bits per heavy atom. The lowest BCUT2D eigenvalue weighted by molar-refractivity contribution is -0.133. The summed E-state index contributed by atoms with van der Waals surface area (Å²) >= 11 is 0. The Kier molecular flexibility index (Phi) is 3.65. The van der Waals surface area contributed by atoms with E-state index in [9.17, 15) is 4.79 Å². The molecule has 0 radical (unpaired) electrons. The maximum atomic E-state index is 11.0. The predicted molar refractivity (Wildman–Crippen MR) is 74.7 cm³/mol. The first-order valence-corrected chi connectivity index (χ1v) is 6.52. The van der Waals surface area contributed by atoms with E-state index in [1.165, 1.54) is 0 Å². The molecule has 1 aliphatic heterocycles. The molecule has 1 atom stereocenters. The molecule has 1 fully saturated rings. The first kappa shape index (κ1) is 12.7. The maximum Gasteiger partial charge on any atom is 0.246 e. The highest BCUT2D eigenvalue weighted by Crippen LogP contribution is 2.25. The molecule has 4 heteroatoms. The van der Waals surface area contributed by atoms with Crippen LogP contribution in [0.3, 0.4) is 0 Å². The van der Waals surface area contributed by atoms with Gasteiger partial charge < -0.3 is 14.8 Å². The van der Waals surface area contributed by atoms with E-state index < -0.39 is 0 Å². The van der Waals surface area contributed by atoms with Gasteiger partial charge >= 0.3 is 0 Å². The fourth-order valence-corrected chi connectivity index (χ4v) is 2.08. The van der Waals surface area contributed by atoms with Gasteiger partial charge in [0.15, 0.2) is 0 Å². The van der Waals surface area contributed by atoms with E-state index in [0.29, 0.717) is 6.54 Å². The largest absolute Gasteiger partial charge is 0.457 e. The van der Waals surface area contributed by atoms with Crippen molar-refractivity contribution in [3.63, 3.8) is 0 Å². The lowest BCUT2D eigenvalue weighted by Crippen LogP contribution is -2.38. The van der Waals surface area contributed by atoms with Crippen LogP contribution in [-0.2, 0) is 9.53 Å². The van der Waals surface area contributed by atoms with Crippen LogP contribution in [0.1, 0.15) is 11.7 Å². The molecule has 20 heavy (non-hydrogen) atoms. The van der Waals surface area contributed by atoms with Crippen LogP contribution in [0.25, 0.3) is 0 Å². The van der Waals surface area contributed by atoms with E-state index in [-0.39, 0.29) is 18.6 Å². The Bertz CT molecular complexity index is 570. The number of hydrogen-bond donors (Lipinski definition) is 1. The van der Waals surface area contributed by atoms with Gasteiger partial charge in [0.2, 0.25) is 5.91 Å². The molecular weight excluding hydrogens is 254 g/mol. The van der Waals surface area contributed by atoms with E-state index >= 15 is 0 Å². The molecule has 2 aromatic rings. The average molecular weight is 269 g/mol. The van der Waals surface area contributed by atoms with Crippen LogP contribution in [0, 0.1) is 0 Å². The number of rotatable bonds is 3. The molecule has 0 aromatic heterocycles. The SMILES string of the molecule is O=C1COC(c2ccc(Oc3ccccc3)cc2)CN1. The molecule has 0 spiro atoms. The molecule has 1 saturated heterocycles. The number of hydrogen-bond acceptors (Lipinski definition) is 3. The molecular formula is C16H15NO3. The number of benzene rings is 2. The highest BCUT2D eigenvalue weighted by atomic mass is 16.5. The fraction of sp³-hybridized carbons (Fsp3) is 0.188. The third kappa shape index (κ3) is 2.97. The van der Waals surface area contributed by atoms with E-state index in [1.54, 1.807) is 0 Å². The van der Waals surface area contributed by atoms with Crippen molar-refractivity contribution < 1.29 is 14.3 Å². The second-order valence-corrected chi connectivity index (χ2v) is 4.59. The minimum absolute atomic E-state index is 0.0646. The Balaban J connectivity index is 1.67. The summed E-state index contributed by atoms with van der Waals surface area (Å²) in [5.41, 5.74) is 1.03. The molecule has 1 aliphatic rings. The van der Waals surface area contributed by atoms with Crippen molar-refractivity contribution in [1.29, 1.82) is 0 Å². The van der Waals surface area contributed by atoms with Crippen molar-refractivity contribution >= 4 is 5.91 Å². The zero-order chi connectivity index (χ0) is 13.8. The van der Waals surface area contributed by atoms with Gasteiger partial charge in [0, 0.05) is 6.54 Å². The Morgan fingerprint density at radius 2 is 1.70 bits per heavy atom. The average Bonchev–Trinajstić information content (AvgIpc) is 2.50. The van der Waals surface area contributed by atoms with Gasteiger partial charge in [-0.2, -0.15) is 0 Å². The standard InChI is InChI=1S/C16H15NO3/c18-16-11-19-15(10-17-16)12-6-8-14(9-7-12)20-13-4-2-1-3-5-13/h1-9,15H,10-11H2,(H,17,18). The smallest absolute Gasteiger partial charge is 0.246 e. The van der Waals surface area contributed by atoms with Gasteiger partial charge in [0.25, 0.3) is 0 Å². The van der Waals surface area contributed by atoms with Crippen molar-refractivity contribution in [1.82, 2.24) is 5.32 Å². The van der Waals surface area contributed by atoms with Gasteiger partial charge in [-0.05, 0) is 29.8 Å². The molecule has 0 bridgehead atoms. The summed E-state index contributed by atoms with van der Waals surface area (Å²) in [7, 11) is 0. The normalized spacial score (nSPS) is 18.4. The van der Waals surface area contributed by atoms with Gasteiger partial charge in [0.1, 0.15) is 24.2 Å². The molecule has 4 nitrogen and oxygen atoms in total. The van der Waals surface area contributed by atoms with Crippen molar-refractivity contribution in [2.45, 2.75) is 6.10 Å². The van der Waals surface area contributed by atoms with Crippen molar-refractivity contribution in [2.24, 2.45) is 0 Å². The first-order chi connectivity index (χ1) is 9.81. The minimum atomic E-state index is -0.0847. The van der Waals surface area contributed by atoms with E-state index in [1.807, 2.05) is 54.6 Å². The van der Waals surface area contributed by atoms with Gasteiger partial charge in [-0.25, -0.2) is 0 Å². The lowest BCUT2D eigenvalue weighted by Gasteiger charge is -2.23. The van der Waals surface area contributed by atoms with Gasteiger partial charge in [-0.1, -0.05) is 30.3 Å². The summed E-state index contributed by atoms with van der Waals surface area (Å²) in [5, 5.41) is 2.79. The minimum Gasteiger partial charge on any atom is -0.457 e. The predicted octanol–water partition coefficient (Wildman–Crippen LogP) is 2.67. The van der Waals surface area contributed by atoms with E-state index in [4.69, 9.17) is 9.47 Å². The zero-order valence-electron chi connectivity index (χ0n) is 10.9. The number of carbonyl (C=O) groups excluding carboxylic acids is 1. The Morgan fingerprint density at radius 1 is 1.00 bits per heavy atom. The molecule has 0 aliphatic carbocycles. The number of nitrogens with one attached hydrogen (secondary N) is 1. The van der Waals surface area contributed by atoms with Crippen LogP contribution in [0.5, 0.6) is 11.5 Å². The topological polar surface area (TPSA) is 47.6 Å². The number of para-hydroxylation sites is 1. The van der Waals surface area contributed by atoms with Crippen LogP contribution in [0.4, 0.5) is 0 Å². The van der Waals surface area contributed by atoms with Crippen molar-refractivity contribution in [2.75, 3.05) is 13.2 Å². The number of ether oxygens (including phenoxy) is 2. The second kappa shape index (κ2) is 5.75. The van der Waals surface area contributed by atoms with Crippen molar-refractivity contribution in [3.05, 3.63) is 60.2 Å². The third-order valence-electron chi connectivity index (χ3n) is 3.13. The maximum absolute atomic E-state index is 11.0. The number of morpholine rings is 1. The molecule has 1 amide bonds. The summed E-state index contributed by atoms with van der Waals surface area (Å²) in [6.45, 7) is 0.630. The van der Waals surface area contributed by atoms with Crippen LogP contribution >= 0.6 is 0 Å². The summed E-state index contributed by atoms with van der Waals surface area (Å²) in [5.74, 6) is 1.52. The highest BCUT2D eigenvalue weighted by Gasteiger charge is 2.19. The number of amides is 1. The summed E-state index contributed by atoms with van der Waals surface area (Å²) in [6, 6.07) is 17.4. The quantitative estimate of drug-likeness (QED) is 0.932. The third-order valence-corrected chi connectivity index (χ3v) is 3.13. The lowest BCUT2D eigenvalue weighted by atomic mass is 10.1. The van der Waals surface area contributed by atoms with E-state index in [0.717, 1.165) is 17.1 Å². The van der Waals surface area contributed by atoms with Crippen LogP contribution in [0.2, 0.25) is 0 Å². The van der Waals surface area contributed by atoms with Gasteiger partial charge in [-0.15, -0.1) is 0 Å². The fourth-order valence-electron chi connectivity index (χ4n) is 2.08. The molecule has 2 aromatic carbocycles. The second-order valence-electron chi connectivity index (χ2n) is 4.59. The molecule has 1 N–H and O–H groups in total. The first-order valence-electron chi connectivity index (χ1n) is 6.52. The molecule has 102 valence electrons. The van der Waals surface area contributed by atoms with Crippen LogP contribution in [-0.4, -0.2) is 19.1 Å². The van der Waals surface area contributed by atoms with Crippen LogP contribution in [0.15, 0.2) is 54.6 Å². The molecule has 1 unspecified atom stereocenters. The van der Waals surface area contributed by atoms with Crippen LogP contribution < -0.4 is 10.1 Å². The van der Waals surface area contributed by atoms with Gasteiger partial charge in [0.05, 0.1) is 0 Å². The van der Waals surface area contributed by atoms with E-state index in [2.05, 4.69) is 5.32 Å².